The molecule has 8 nitrogen and oxygen atoms in total. The third-order valence-electron chi connectivity index (χ3n) is 6.78. The molecule has 1 unspecified atom stereocenters. The highest BCUT2D eigenvalue weighted by molar-refractivity contribution is 6.31. The topological polar surface area (TPSA) is 65.0 Å². The van der Waals surface area contributed by atoms with Crippen LogP contribution < -0.4 is 4.57 Å². The number of carbonyl (C=O) groups is 2. The van der Waals surface area contributed by atoms with Gasteiger partial charge < -0.3 is 4.90 Å². The minimum absolute atomic E-state index is 0.215. The van der Waals surface area contributed by atoms with E-state index in [1.54, 1.807) is 7.05 Å². The number of hydrogen-bond acceptors (Lipinski definition) is 4. The summed E-state index contributed by atoms with van der Waals surface area (Å²) < 4.78 is 3.88. The minimum Gasteiger partial charge on any atom is -0.302 e. The van der Waals surface area contributed by atoms with E-state index in [1.807, 2.05) is 47.4 Å². The third-order valence-corrected chi connectivity index (χ3v) is 7.19. The minimum atomic E-state index is -0.631. The number of aryl methyl sites for hydroxylation is 1. The van der Waals surface area contributed by atoms with Gasteiger partial charge in [0.25, 0.3) is 5.91 Å². The average molecular weight is 456 g/mol. The first kappa shape index (κ1) is 21.2. The molecule has 3 aliphatic rings. The summed E-state index contributed by atoms with van der Waals surface area (Å²) in [4.78, 5) is 36.5. The molecule has 1 atom stereocenters. The smallest absolute Gasteiger partial charge is 0.302 e. The number of hydrogen-bond donors (Lipinski definition) is 0. The molecule has 32 heavy (non-hydrogen) atoms. The van der Waals surface area contributed by atoms with Crippen LogP contribution in [0.4, 0.5) is 10.7 Å². The van der Waals surface area contributed by atoms with Crippen LogP contribution >= 0.6 is 11.6 Å². The summed E-state index contributed by atoms with van der Waals surface area (Å²) >= 11 is 6.37. The van der Waals surface area contributed by atoms with E-state index in [-0.39, 0.29) is 11.9 Å². The van der Waals surface area contributed by atoms with Gasteiger partial charge in [0.05, 0.1) is 0 Å². The number of aromatic nitrogens is 2. The van der Waals surface area contributed by atoms with Crippen molar-refractivity contribution in [2.24, 2.45) is 4.99 Å². The van der Waals surface area contributed by atoms with Gasteiger partial charge in [-0.15, -0.1) is 0 Å². The van der Waals surface area contributed by atoms with Gasteiger partial charge in [-0.3, -0.25) is 14.6 Å². The Labute approximate surface area is 192 Å². The van der Waals surface area contributed by atoms with E-state index in [4.69, 9.17) is 16.6 Å². The predicted molar refractivity (Wildman–Crippen MR) is 122 cm³/mol. The van der Waals surface area contributed by atoms with E-state index in [0.717, 1.165) is 30.0 Å². The van der Waals surface area contributed by atoms with Crippen molar-refractivity contribution in [3.63, 3.8) is 0 Å². The zero-order valence-corrected chi connectivity index (χ0v) is 19.5. The molecule has 5 rings (SSSR count). The van der Waals surface area contributed by atoms with Gasteiger partial charge in [-0.2, -0.15) is 4.57 Å². The largest absolute Gasteiger partial charge is 0.406 e. The fourth-order valence-corrected chi connectivity index (χ4v) is 5.12. The number of amidine groups is 1. The number of carbonyl (C=O) groups excluding carboxylic acids is 2. The van der Waals surface area contributed by atoms with Crippen LogP contribution in [0, 0.1) is 13.8 Å². The summed E-state index contributed by atoms with van der Waals surface area (Å²) in [5.74, 6) is 0.879. The van der Waals surface area contributed by atoms with Crippen LogP contribution in [0.1, 0.15) is 36.6 Å². The number of imide groups is 1. The molecule has 9 heteroatoms. The van der Waals surface area contributed by atoms with Crippen molar-refractivity contribution < 1.29 is 14.2 Å². The molecule has 1 aromatic carbocycles. The maximum absolute atomic E-state index is 13.5. The lowest BCUT2D eigenvalue weighted by Gasteiger charge is -2.35. The van der Waals surface area contributed by atoms with Gasteiger partial charge in [0.2, 0.25) is 11.9 Å². The Kier molecular flexibility index (Phi) is 5.29. The highest BCUT2D eigenvalue weighted by Crippen LogP contribution is 2.33. The fourth-order valence-electron chi connectivity index (χ4n) is 4.95. The van der Waals surface area contributed by atoms with Crippen molar-refractivity contribution in [3.05, 3.63) is 40.7 Å². The molecule has 0 spiro atoms. The molecule has 0 bridgehead atoms. The molecular formula is C23H28ClN6O2+. The van der Waals surface area contributed by atoms with Gasteiger partial charge in [0.1, 0.15) is 17.6 Å². The molecular weight excluding hydrogens is 428 g/mol. The molecule has 2 saturated heterocycles. The summed E-state index contributed by atoms with van der Waals surface area (Å²) in [5.41, 5.74) is 2.79. The normalized spacial score (nSPS) is 21.1. The van der Waals surface area contributed by atoms with E-state index < -0.39 is 6.04 Å². The van der Waals surface area contributed by atoms with Gasteiger partial charge in [0, 0.05) is 30.7 Å². The number of imidazole rings is 1. The number of piperidine rings is 1. The van der Waals surface area contributed by atoms with Gasteiger partial charge in [-0.1, -0.05) is 29.1 Å². The summed E-state index contributed by atoms with van der Waals surface area (Å²) in [6, 6.07) is 4.80. The molecule has 3 amide bonds. The van der Waals surface area contributed by atoms with Crippen LogP contribution in [0.3, 0.4) is 0 Å². The predicted octanol–water partition coefficient (Wildman–Crippen LogP) is 3.00. The molecule has 2 fully saturated rings. The van der Waals surface area contributed by atoms with Gasteiger partial charge in [-0.25, -0.2) is 9.36 Å². The highest BCUT2D eigenvalue weighted by atomic mass is 35.5. The van der Waals surface area contributed by atoms with Crippen molar-refractivity contribution in [3.8, 4) is 5.69 Å². The SMILES string of the molecule is Cc1c(Cl)cccc1-n1c(C)c[n+]2c1N=C1C2C(=O)N(CCN2CCCCC2)C(=O)N1C. The molecule has 4 heterocycles. The van der Waals surface area contributed by atoms with Crippen molar-refractivity contribution in [1.29, 1.82) is 0 Å². The molecule has 2 aromatic rings. The van der Waals surface area contributed by atoms with E-state index in [0.29, 0.717) is 29.9 Å². The van der Waals surface area contributed by atoms with Crippen LogP contribution in [0.25, 0.3) is 5.69 Å². The molecule has 0 aliphatic carbocycles. The fraction of sp³-hybridized carbons (Fsp3) is 0.478. The second-order valence-electron chi connectivity index (χ2n) is 8.80. The molecule has 1 aromatic heterocycles. The van der Waals surface area contributed by atoms with Crippen molar-refractivity contribution in [2.75, 3.05) is 33.2 Å². The second kappa shape index (κ2) is 8.01. The zero-order valence-electron chi connectivity index (χ0n) is 18.7. The van der Waals surface area contributed by atoms with E-state index in [9.17, 15) is 9.59 Å². The Morgan fingerprint density at radius 3 is 2.62 bits per heavy atom. The molecule has 0 saturated carbocycles. The summed E-state index contributed by atoms with van der Waals surface area (Å²) in [5, 5.41) is 0.671. The van der Waals surface area contributed by atoms with E-state index in [2.05, 4.69) is 4.90 Å². The van der Waals surface area contributed by atoms with Crippen molar-refractivity contribution >= 4 is 35.3 Å². The third kappa shape index (κ3) is 3.24. The van der Waals surface area contributed by atoms with Crippen LogP contribution in [0.15, 0.2) is 29.4 Å². The zero-order chi connectivity index (χ0) is 22.6. The number of likely N-dealkylation sites (N-methyl/N-ethyl adjacent to an activating group) is 1. The van der Waals surface area contributed by atoms with E-state index >= 15 is 0 Å². The van der Waals surface area contributed by atoms with Crippen LogP contribution in [-0.4, -0.2) is 70.3 Å². The maximum Gasteiger partial charge on any atom is 0.406 e. The molecule has 0 N–H and O–H groups in total. The number of halogens is 1. The van der Waals surface area contributed by atoms with Crippen LogP contribution in [0.2, 0.25) is 5.02 Å². The number of nitrogens with zero attached hydrogens (tertiary/aromatic N) is 6. The Morgan fingerprint density at radius 2 is 1.88 bits per heavy atom. The van der Waals surface area contributed by atoms with Crippen molar-refractivity contribution in [2.45, 2.75) is 39.2 Å². The Balaban J connectivity index is 1.49. The summed E-state index contributed by atoms with van der Waals surface area (Å²) in [6.07, 6.45) is 5.54. The highest BCUT2D eigenvalue weighted by Gasteiger charge is 2.53. The number of fused-ring (bicyclic) bond motifs is 3. The number of amides is 3. The summed E-state index contributed by atoms with van der Waals surface area (Å²) in [6.45, 7) is 7.12. The summed E-state index contributed by atoms with van der Waals surface area (Å²) in [7, 11) is 1.70. The lowest BCUT2D eigenvalue weighted by Crippen LogP contribution is -2.63. The number of aliphatic imine (C=N–C) groups is 1. The Hall–Kier alpha value is -2.71. The van der Waals surface area contributed by atoms with Crippen LogP contribution in [0.5, 0.6) is 0 Å². The first-order valence-electron chi connectivity index (χ1n) is 11.2. The molecule has 3 aliphatic heterocycles. The van der Waals surface area contributed by atoms with Crippen LogP contribution in [-0.2, 0) is 4.79 Å². The maximum atomic E-state index is 13.5. The monoisotopic (exact) mass is 455 g/mol. The van der Waals surface area contributed by atoms with E-state index in [1.165, 1.54) is 29.1 Å². The molecule has 168 valence electrons. The number of rotatable bonds is 4. The lowest BCUT2D eigenvalue weighted by molar-refractivity contribution is -0.676. The van der Waals surface area contributed by atoms with Gasteiger partial charge in [-0.05, 0) is 51.9 Å². The number of urea groups is 1. The lowest BCUT2D eigenvalue weighted by atomic mass is 10.1. The molecule has 0 radical (unpaired) electrons. The van der Waals surface area contributed by atoms with Gasteiger partial charge >= 0.3 is 12.0 Å². The van der Waals surface area contributed by atoms with Gasteiger partial charge in [0.15, 0.2) is 0 Å². The first-order valence-corrected chi connectivity index (χ1v) is 11.5. The first-order chi connectivity index (χ1) is 15.4. The Morgan fingerprint density at radius 1 is 1.12 bits per heavy atom. The number of benzene rings is 1. The average Bonchev–Trinajstić information content (AvgIpc) is 3.30. The number of likely N-dealkylation sites (tertiary alicyclic amines) is 1. The Bertz CT molecular complexity index is 1130. The standard InChI is InChI=1S/C23H28ClN6O2/c1-15-14-29-19-20(25-22(29)30(15)18-9-7-8-17(24)16(18)2)26(3)23(32)28(21(19)31)13-12-27-10-5-4-6-11-27/h7-9,14,19H,4-6,10-13H2,1-3H3/q+1. The quantitative estimate of drug-likeness (QED) is 0.666. The van der Waals surface area contributed by atoms with Crippen molar-refractivity contribution in [1.82, 2.24) is 19.3 Å². The second-order valence-corrected chi connectivity index (χ2v) is 9.21.